The van der Waals surface area contributed by atoms with Crippen molar-refractivity contribution in [3.8, 4) is 0 Å². The molecule has 0 aliphatic heterocycles. The van der Waals surface area contributed by atoms with E-state index >= 15 is 0 Å². The van der Waals surface area contributed by atoms with E-state index in [9.17, 15) is 0 Å². The molecule has 2 unspecified atom stereocenters. The van der Waals surface area contributed by atoms with E-state index in [0.717, 1.165) is 7.11 Å². The quantitative estimate of drug-likeness (QED) is 0.424. The first kappa shape index (κ1) is 9.61. The summed E-state index contributed by atoms with van der Waals surface area (Å²) in [6, 6.07) is 0. The molecule has 0 aliphatic carbocycles. The smallest absolute Gasteiger partial charge is 0.0645 e. The summed E-state index contributed by atoms with van der Waals surface area (Å²) in [6.07, 6.45) is 0. The van der Waals surface area contributed by atoms with E-state index in [1.165, 1.54) is 0 Å². The Morgan fingerprint density at radius 3 is 1.50 bits per heavy atom. The van der Waals surface area contributed by atoms with Crippen LogP contribution in [0.1, 0.15) is 6.92 Å². The first-order valence-corrected chi connectivity index (χ1v) is 2.28. The molecule has 0 saturated heterocycles. The summed E-state index contributed by atoms with van der Waals surface area (Å²) in [4.78, 5) is 0. The highest BCUT2D eigenvalue weighted by atomic mass is 31.0. The molecule has 0 heterocycles. The zero-order valence-electron chi connectivity index (χ0n) is 4.05. The molecule has 0 aromatic carbocycles. The van der Waals surface area contributed by atoms with Gasteiger partial charge in [0.25, 0.3) is 0 Å². The average molecular weight is 110 g/mol. The summed E-state index contributed by atoms with van der Waals surface area (Å²) in [5, 5.41) is 15.0. The topological polar surface area (TPSA) is 40.5 Å². The lowest BCUT2D eigenvalue weighted by Gasteiger charge is -1.80. The van der Waals surface area contributed by atoms with Gasteiger partial charge in [-0.15, -0.1) is 9.24 Å². The molecule has 2 N–H and O–H groups in total. The van der Waals surface area contributed by atoms with Gasteiger partial charge in [-0.25, -0.2) is 0 Å². The van der Waals surface area contributed by atoms with E-state index in [1.807, 2.05) is 0 Å². The maximum atomic E-state index is 8.02. The van der Waals surface area contributed by atoms with Gasteiger partial charge in [0.15, 0.2) is 0 Å². The minimum absolute atomic E-state index is 0.250. The third kappa shape index (κ3) is 399. The van der Waals surface area contributed by atoms with Crippen molar-refractivity contribution in [3.63, 3.8) is 0 Å². The van der Waals surface area contributed by atoms with Crippen molar-refractivity contribution in [2.45, 2.75) is 12.8 Å². The van der Waals surface area contributed by atoms with Gasteiger partial charge in [-0.3, -0.25) is 0 Å². The van der Waals surface area contributed by atoms with Crippen molar-refractivity contribution in [2.24, 2.45) is 0 Å². The van der Waals surface area contributed by atoms with Crippen LogP contribution in [0.5, 0.6) is 0 Å². The van der Waals surface area contributed by atoms with Crippen LogP contribution in [0.25, 0.3) is 0 Å². The second-order valence-electron chi connectivity index (χ2n) is 0.741. The van der Waals surface area contributed by atoms with E-state index in [4.69, 9.17) is 10.2 Å². The van der Waals surface area contributed by atoms with E-state index < -0.39 is 0 Å². The van der Waals surface area contributed by atoms with E-state index in [2.05, 4.69) is 9.24 Å². The second-order valence-corrected chi connectivity index (χ2v) is 1.71. The monoisotopic (exact) mass is 110 g/mol. The summed E-state index contributed by atoms with van der Waals surface area (Å²) in [5.74, 6) is -0.250. The zero-order valence-corrected chi connectivity index (χ0v) is 5.20. The van der Waals surface area contributed by atoms with Gasteiger partial charge in [-0.2, -0.15) is 0 Å². The Bertz CT molecular complexity index is 13.5. The number of hydrogen-bond donors (Lipinski definition) is 2. The Hall–Kier alpha value is 0.350. The van der Waals surface area contributed by atoms with Crippen LogP contribution in [0.2, 0.25) is 0 Å². The molecule has 0 aromatic rings. The predicted octanol–water partition coefficient (Wildman–Crippen LogP) is -0.192. The van der Waals surface area contributed by atoms with Crippen LogP contribution in [0.4, 0.5) is 0 Å². The van der Waals surface area contributed by atoms with Gasteiger partial charge in [0.2, 0.25) is 0 Å². The van der Waals surface area contributed by atoms with Gasteiger partial charge in [0.1, 0.15) is 0 Å². The molecule has 0 aromatic heterocycles. The SMILES string of the molecule is CC(O)P.CO. The minimum Gasteiger partial charge on any atom is -0.400 e. The molecule has 2 nitrogen and oxygen atoms in total. The highest BCUT2D eigenvalue weighted by Crippen LogP contribution is 1.85. The summed E-state index contributed by atoms with van der Waals surface area (Å²) in [6.45, 7) is 1.69. The van der Waals surface area contributed by atoms with Crippen molar-refractivity contribution >= 4 is 9.24 Å². The van der Waals surface area contributed by atoms with Gasteiger partial charge in [-0.1, -0.05) is 0 Å². The molecule has 0 rings (SSSR count). The first-order valence-electron chi connectivity index (χ1n) is 1.62. The van der Waals surface area contributed by atoms with Crippen LogP contribution in [0, 0.1) is 0 Å². The van der Waals surface area contributed by atoms with Crippen LogP contribution in [-0.4, -0.2) is 23.2 Å². The third-order valence-electron chi connectivity index (χ3n) is 0. The summed E-state index contributed by atoms with van der Waals surface area (Å²) in [7, 11) is 3.21. The summed E-state index contributed by atoms with van der Waals surface area (Å²) >= 11 is 0. The average Bonchev–Trinajstić information content (AvgIpc) is 1.41. The largest absolute Gasteiger partial charge is 0.400 e. The van der Waals surface area contributed by atoms with E-state index in [1.54, 1.807) is 6.92 Å². The van der Waals surface area contributed by atoms with Crippen LogP contribution in [-0.2, 0) is 0 Å². The van der Waals surface area contributed by atoms with Gasteiger partial charge in [0.05, 0.1) is 5.85 Å². The highest BCUT2D eigenvalue weighted by Gasteiger charge is 1.69. The number of rotatable bonds is 0. The Morgan fingerprint density at radius 2 is 1.50 bits per heavy atom. The molecule has 3 heteroatoms. The number of hydrogen-bond acceptors (Lipinski definition) is 2. The summed E-state index contributed by atoms with van der Waals surface area (Å²) in [5.41, 5.74) is 0. The molecular weight excluding hydrogens is 99.0 g/mol. The standard InChI is InChI=1S/C2H7OP.CH4O/c1-2(3)4;1-2/h2-3H,4H2,1H3;2H,1H3. The van der Waals surface area contributed by atoms with Crippen LogP contribution < -0.4 is 0 Å². The van der Waals surface area contributed by atoms with Gasteiger partial charge in [-0.05, 0) is 6.92 Å². The molecule has 0 fully saturated rings. The Morgan fingerprint density at radius 1 is 1.50 bits per heavy atom. The zero-order chi connectivity index (χ0) is 5.58. The van der Waals surface area contributed by atoms with E-state index in [-0.39, 0.29) is 5.85 Å². The van der Waals surface area contributed by atoms with Crippen LogP contribution >= 0.6 is 9.24 Å². The first-order chi connectivity index (χ1) is 2.73. The molecule has 0 amide bonds. The number of aliphatic hydroxyl groups excluding tert-OH is 2. The maximum Gasteiger partial charge on any atom is 0.0645 e. The Kier molecular flexibility index (Phi) is 14.4. The molecule has 0 saturated carbocycles. The molecule has 40 valence electrons. The van der Waals surface area contributed by atoms with Crippen LogP contribution in [0.3, 0.4) is 0 Å². The lowest BCUT2D eigenvalue weighted by molar-refractivity contribution is 0.283. The van der Waals surface area contributed by atoms with Crippen molar-refractivity contribution in [2.75, 3.05) is 7.11 Å². The van der Waals surface area contributed by atoms with Crippen molar-refractivity contribution < 1.29 is 10.2 Å². The van der Waals surface area contributed by atoms with Gasteiger partial charge in [0, 0.05) is 7.11 Å². The van der Waals surface area contributed by atoms with Gasteiger partial charge >= 0.3 is 0 Å². The maximum absolute atomic E-state index is 8.02. The molecule has 0 bridgehead atoms. The molecule has 2 atom stereocenters. The van der Waals surface area contributed by atoms with E-state index in [0.29, 0.717) is 0 Å². The highest BCUT2D eigenvalue weighted by molar-refractivity contribution is 7.17. The van der Waals surface area contributed by atoms with Crippen LogP contribution in [0.15, 0.2) is 0 Å². The fourth-order valence-corrected chi connectivity index (χ4v) is 0. The lowest BCUT2D eigenvalue weighted by Crippen LogP contribution is -1.78. The molecular formula is C3H11O2P. The molecule has 0 spiro atoms. The van der Waals surface area contributed by atoms with Crippen molar-refractivity contribution in [3.05, 3.63) is 0 Å². The normalized spacial score (nSPS) is 11.5. The Labute approximate surface area is 40.4 Å². The molecule has 0 aliphatic rings. The lowest BCUT2D eigenvalue weighted by atomic mass is 10.9. The Balaban J connectivity index is 0. The second kappa shape index (κ2) is 9.02. The summed E-state index contributed by atoms with van der Waals surface area (Å²) < 4.78 is 0. The van der Waals surface area contributed by atoms with Gasteiger partial charge < -0.3 is 10.2 Å². The third-order valence-corrected chi connectivity index (χ3v) is 0. The van der Waals surface area contributed by atoms with Crippen molar-refractivity contribution in [1.29, 1.82) is 0 Å². The van der Waals surface area contributed by atoms with Crippen molar-refractivity contribution in [1.82, 2.24) is 0 Å². The minimum atomic E-state index is -0.250. The number of aliphatic hydroxyl groups is 2. The molecule has 6 heavy (non-hydrogen) atoms. The molecule has 0 radical (unpaired) electrons. The fraction of sp³-hybridized carbons (Fsp3) is 1.00. The predicted molar refractivity (Wildman–Crippen MR) is 29.5 cm³/mol. The fourth-order valence-electron chi connectivity index (χ4n) is 0.